The van der Waals surface area contributed by atoms with Crippen LogP contribution in [0.25, 0.3) is 0 Å². The van der Waals surface area contributed by atoms with Gasteiger partial charge in [-0.15, -0.1) is 0 Å². The molecule has 0 heterocycles. The summed E-state index contributed by atoms with van der Waals surface area (Å²) < 4.78 is 0.960. The smallest absolute Gasteiger partial charge is 0.255 e. The summed E-state index contributed by atoms with van der Waals surface area (Å²) in [6.45, 7) is 1.79. The first-order valence-corrected chi connectivity index (χ1v) is 6.22. The Morgan fingerprint density at radius 3 is 2.44 bits per heavy atom. The van der Waals surface area contributed by atoms with Crippen LogP contribution < -0.4 is 5.32 Å². The lowest BCUT2D eigenvalue weighted by molar-refractivity contribution is 0.102. The molecule has 0 bridgehead atoms. The van der Waals surface area contributed by atoms with Crippen molar-refractivity contribution in [2.75, 3.05) is 5.32 Å². The number of hydrogen-bond acceptors (Lipinski definition) is 2. The summed E-state index contributed by atoms with van der Waals surface area (Å²) in [4.78, 5) is 12.0. The number of carbonyl (C=O) groups excluding carboxylic acids is 1. The molecule has 0 aliphatic heterocycles. The van der Waals surface area contributed by atoms with E-state index in [1.807, 2.05) is 24.3 Å². The maximum absolute atomic E-state index is 12.0. The Bertz CT molecular complexity index is 579. The van der Waals surface area contributed by atoms with Crippen LogP contribution in [-0.2, 0) is 0 Å². The SMILES string of the molecule is Cc1cc(O)ccc1C(=O)Nc1ccc(Br)cc1. The second kappa shape index (κ2) is 5.23. The number of phenols is 1. The summed E-state index contributed by atoms with van der Waals surface area (Å²) in [7, 11) is 0. The van der Waals surface area contributed by atoms with E-state index in [9.17, 15) is 9.90 Å². The Hall–Kier alpha value is -1.81. The number of carbonyl (C=O) groups is 1. The van der Waals surface area contributed by atoms with Crippen molar-refractivity contribution in [3.8, 4) is 5.75 Å². The molecular weight excluding hydrogens is 294 g/mol. The van der Waals surface area contributed by atoms with Gasteiger partial charge in [0.05, 0.1) is 0 Å². The van der Waals surface area contributed by atoms with E-state index in [1.54, 1.807) is 19.1 Å². The third kappa shape index (κ3) is 2.90. The number of rotatable bonds is 2. The molecular formula is C14H12BrNO2. The fourth-order valence-corrected chi connectivity index (χ4v) is 1.90. The molecule has 0 fully saturated rings. The highest BCUT2D eigenvalue weighted by Crippen LogP contribution is 2.18. The quantitative estimate of drug-likeness (QED) is 0.888. The van der Waals surface area contributed by atoms with Crippen LogP contribution in [0.1, 0.15) is 15.9 Å². The summed E-state index contributed by atoms with van der Waals surface area (Å²) in [6, 6.07) is 12.0. The Balaban J connectivity index is 2.19. The molecule has 1 amide bonds. The lowest BCUT2D eigenvalue weighted by Gasteiger charge is -2.08. The minimum absolute atomic E-state index is 0.160. The van der Waals surface area contributed by atoms with Crippen molar-refractivity contribution in [3.05, 3.63) is 58.1 Å². The van der Waals surface area contributed by atoms with E-state index < -0.39 is 0 Å². The van der Waals surface area contributed by atoms with Crippen molar-refractivity contribution in [3.63, 3.8) is 0 Å². The van der Waals surface area contributed by atoms with E-state index in [-0.39, 0.29) is 11.7 Å². The van der Waals surface area contributed by atoms with Crippen molar-refractivity contribution >= 4 is 27.5 Å². The minimum atomic E-state index is -0.185. The van der Waals surface area contributed by atoms with Crippen LogP contribution in [0.2, 0.25) is 0 Å². The van der Waals surface area contributed by atoms with Gasteiger partial charge in [0.25, 0.3) is 5.91 Å². The standard InChI is InChI=1S/C14H12BrNO2/c1-9-8-12(17)6-7-13(9)14(18)16-11-4-2-10(15)3-5-11/h2-8,17H,1H3,(H,16,18). The monoisotopic (exact) mass is 305 g/mol. The molecule has 92 valence electrons. The van der Waals surface area contributed by atoms with Crippen LogP contribution >= 0.6 is 15.9 Å². The molecule has 0 radical (unpaired) electrons. The number of phenolic OH excluding ortho intramolecular Hbond substituents is 1. The van der Waals surface area contributed by atoms with E-state index in [1.165, 1.54) is 6.07 Å². The second-order valence-corrected chi connectivity index (χ2v) is 4.88. The Kier molecular flexibility index (Phi) is 3.67. The van der Waals surface area contributed by atoms with Crippen LogP contribution in [0.4, 0.5) is 5.69 Å². The third-order valence-electron chi connectivity index (χ3n) is 2.56. The maximum Gasteiger partial charge on any atom is 0.255 e. The highest BCUT2D eigenvalue weighted by atomic mass is 79.9. The first-order valence-electron chi connectivity index (χ1n) is 5.43. The predicted octanol–water partition coefficient (Wildman–Crippen LogP) is 3.72. The molecule has 2 aromatic rings. The van der Waals surface area contributed by atoms with Gasteiger partial charge in [-0.3, -0.25) is 4.79 Å². The van der Waals surface area contributed by atoms with Crippen LogP contribution in [-0.4, -0.2) is 11.0 Å². The van der Waals surface area contributed by atoms with Gasteiger partial charge in [-0.25, -0.2) is 0 Å². The zero-order valence-corrected chi connectivity index (χ0v) is 11.4. The lowest BCUT2D eigenvalue weighted by atomic mass is 10.1. The fourth-order valence-electron chi connectivity index (χ4n) is 1.63. The van der Waals surface area contributed by atoms with E-state index in [2.05, 4.69) is 21.2 Å². The number of aromatic hydroxyl groups is 1. The first kappa shape index (κ1) is 12.6. The molecule has 2 aromatic carbocycles. The van der Waals surface area contributed by atoms with Gasteiger partial charge in [0.1, 0.15) is 5.75 Å². The molecule has 0 unspecified atom stereocenters. The number of amides is 1. The van der Waals surface area contributed by atoms with Gasteiger partial charge in [0, 0.05) is 15.7 Å². The molecule has 0 saturated heterocycles. The van der Waals surface area contributed by atoms with Crippen LogP contribution in [0.5, 0.6) is 5.75 Å². The molecule has 0 saturated carbocycles. The summed E-state index contributed by atoms with van der Waals surface area (Å²) in [5, 5.41) is 12.1. The first-order chi connectivity index (χ1) is 8.56. The lowest BCUT2D eigenvalue weighted by Crippen LogP contribution is -2.13. The number of hydrogen-bond donors (Lipinski definition) is 2. The number of aryl methyl sites for hydroxylation is 1. The maximum atomic E-state index is 12.0. The van der Waals surface area contributed by atoms with Crippen molar-refractivity contribution in [2.45, 2.75) is 6.92 Å². The summed E-state index contributed by atoms with van der Waals surface area (Å²) in [5.74, 6) is -0.0254. The summed E-state index contributed by atoms with van der Waals surface area (Å²) >= 11 is 3.34. The molecule has 0 atom stereocenters. The topological polar surface area (TPSA) is 49.3 Å². The predicted molar refractivity (Wildman–Crippen MR) is 74.9 cm³/mol. The number of benzene rings is 2. The molecule has 2 N–H and O–H groups in total. The highest BCUT2D eigenvalue weighted by Gasteiger charge is 2.09. The highest BCUT2D eigenvalue weighted by molar-refractivity contribution is 9.10. The number of halogens is 1. The molecule has 2 rings (SSSR count). The third-order valence-corrected chi connectivity index (χ3v) is 3.09. The summed E-state index contributed by atoms with van der Waals surface area (Å²) in [5.41, 5.74) is 2.02. The number of anilines is 1. The van der Waals surface area contributed by atoms with Gasteiger partial charge in [-0.1, -0.05) is 15.9 Å². The molecule has 0 aliphatic carbocycles. The van der Waals surface area contributed by atoms with Gasteiger partial charge in [-0.05, 0) is 55.0 Å². The minimum Gasteiger partial charge on any atom is -0.508 e. The van der Waals surface area contributed by atoms with Gasteiger partial charge >= 0.3 is 0 Å². The Morgan fingerprint density at radius 1 is 1.17 bits per heavy atom. The van der Waals surface area contributed by atoms with Gasteiger partial charge in [0.2, 0.25) is 0 Å². The van der Waals surface area contributed by atoms with Crippen LogP contribution in [0.3, 0.4) is 0 Å². The van der Waals surface area contributed by atoms with Gasteiger partial charge in [-0.2, -0.15) is 0 Å². The van der Waals surface area contributed by atoms with Crippen LogP contribution in [0, 0.1) is 6.92 Å². The molecule has 0 aromatic heterocycles. The second-order valence-electron chi connectivity index (χ2n) is 3.96. The van der Waals surface area contributed by atoms with Crippen molar-refractivity contribution in [1.29, 1.82) is 0 Å². The molecule has 4 heteroatoms. The Morgan fingerprint density at radius 2 is 1.83 bits per heavy atom. The largest absolute Gasteiger partial charge is 0.508 e. The molecule has 18 heavy (non-hydrogen) atoms. The fraction of sp³-hybridized carbons (Fsp3) is 0.0714. The summed E-state index contributed by atoms with van der Waals surface area (Å²) in [6.07, 6.45) is 0. The average molecular weight is 306 g/mol. The van der Waals surface area contributed by atoms with E-state index in [0.717, 1.165) is 15.7 Å². The number of nitrogens with one attached hydrogen (secondary N) is 1. The normalized spacial score (nSPS) is 10.1. The van der Waals surface area contributed by atoms with Gasteiger partial charge in [0.15, 0.2) is 0 Å². The average Bonchev–Trinajstić information content (AvgIpc) is 2.32. The molecule has 0 aliphatic rings. The van der Waals surface area contributed by atoms with E-state index >= 15 is 0 Å². The zero-order chi connectivity index (χ0) is 13.1. The molecule has 0 spiro atoms. The van der Waals surface area contributed by atoms with Crippen molar-refractivity contribution in [2.24, 2.45) is 0 Å². The van der Waals surface area contributed by atoms with Crippen molar-refractivity contribution < 1.29 is 9.90 Å². The van der Waals surface area contributed by atoms with E-state index in [0.29, 0.717) is 5.56 Å². The van der Waals surface area contributed by atoms with Crippen LogP contribution in [0.15, 0.2) is 46.9 Å². The van der Waals surface area contributed by atoms with E-state index in [4.69, 9.17) is 0 Å². The van der Waals surface area contributed by atoms with Gasteiger partial charge < -0.3 is 10.4 Å². The Labute approximate surface area is 114 Å². The molecule has 3 nitrogen and oxygen atoms in total. The van der Waals surface area contributed by atoms with Crippen molar-refractivity contribution in [1.82, 2.24) is 0 Å². The zero-order valence-electron chi connectivity index (χ0n) is 9.77.